The lowest BCUT2D eigenvalue weighted by molar-refractivity contribution is 0.219. The number of halogens is 2. The molecular formula is C11H15F2O3P. The van der Waals surface area contributed by atoms with Gasteiger partial charge in [-0.25, -0.2) is 8.78 Å². The Bertz CT molecular complexity index is 413. The summed E-state index contributed by atoms with van der Waals surface area (Å²) in [6.07, 6.45) is -0.266. The van der Waals surface area contributed by atoms with E-state index in [1.54, 1.807) is 13.8 Å². The molecule has 0 atom stereocenters. The van der Waals surface area contributed by atoms with E-state index in [1.807, 2.05) is 0 Å². The molecule has 1 aromatic carbocycles. The smallest absolute Gasteiger partial charge is 0.309 e. The van der Waals surface area contributed by atoms with Gasteiger partial charge in [0.2, 0.25) is 0 Å². The first-order chi connectivity index (χ1) is 8.02. The highest BCUT2D eigenvalue weighted by Crippen LogP contribution is 2.51. The summed E-state index contributed by atoms with van der Waals surface area (Å²) < 4.78 is 48.5. The van der Waals surface area contributed by atoms with Crippen molar-refractivity contribution in [2.24, 2.45) is 0 Å². The Morgan fingerprint density at radius 2 is 1.76 bits per heavy atom. The maximum Gasteiger partial charge on any atom is 0.335 e. The van der Waals surface area contributed by atoms with Crippen molar-refractivity contribution < 1.29 is 22.4 Å². The molecular weight excluding hydrogens is 249 g/mol. The van der Waals surface area contributed by atoms with Gasteiger partial charge in [-0.1, -0.05) is 12.1 Å². The third-order valence-corrected chi connectivity index (χ3v) is 4.08. The van der Waals surface area contributed by atoms with Gasteiger partial charge in [-0.3, -0.25) is 4.57 Å². The molecule has 0 amide bonds. The first-order valence-electron chi connectivity index (χ1n) is 5.33. The molecule has 0 spiro atoms. The lowest BCUT2D eigenvalue weighted by atomic mass is 10.2. The van der Waals surface area contributed by atoms with Crippen LogP contribution in [0.1, 0.15) is 19.4 Å². The van der Waals surface area contributed by atoms with Crippen LogP contribution < -0.4 is 0 Å². The van der Waals surface area contributed by atoms with Crippen molar-refractivity contribution in [2.75, 3.05) is 13.2 Å². The fourth-order valence-electron chi connectivity index (χ4n) is 1.40. The maximum atomic E-state index is 13.4. The summed E-state index contributed by atoms with van der Waals surface area (Å²) in [6, 6.07) is 3.73. The van der Waals surface area contributed by atoms with Gasteiger partial charge in [0.15, 0.2) is 11.6 Å². The Balaban J connectivity index is 2.93. The summed E-state index contributed by atoms with van der Waals surface area (Å²) in [5, 5.41) is 0. The second-order valence-electron chi connectivity index (χ2n) is 3.32. The molecule has 1 aromatic rings. The van der Waals surface area contributed by atoms with Gasteiger partial charge in [0.1, 0.15) is 0 Å². The van der Waals surface area contributed by atoms with E-state index < -0.39 is 19.2 Å². The molecule has 0 fully saturated rings. The van der Waals surface area contributed by atoms with Crippen LogP contribution >= 0.6 is 7.60 Å². The minimum Gasteiger partial charge on any atom is -0.309 e. The molecule has 3 nitrogen and oxygen atoms in total. The molecule has 0 saturated carbocycles. The van der Waals surface area contributed by atoms with E-state index >= 15 is 0 Å². The van der Waals surface area contributed by atoms with Crippen molar-refractivity contribution in [3.05, 3.63) is 35.4 Å². The predicted molar refractivity (Wildman–Crippen MR) is 60.9 cm³/mol. The van der Waals surface area contributed by atoms with Crippen LogP contribution in [0.3, 0.4) is 0 Å². The molecule has 96 valence electrons. The highest BCUT2D eigenvalue weighted by molar-refractivity contribution is 7.53. The van der Waals surface area contributed by atoms with Crippen molar-refractivity contribution in [3.63, 3.8) is 0 Å². The highest BCUT2D eigenvalue weighted by atomic mass is 31.2. The lowest BCUT2D eigenvalue weighted by Crippen LogP contribution is -2.01. The van der Waals surface area contributed by atoms with Gasteiger partial charge in [0, 0.05) is 5.56 Å². The summed E-state index contributed by atoms with van der Waals surface area (Å²) >= 11 is 0. The Kier molecular flexibility index (Phi) is 5.25. The number of benzene rings is 1. The standard InChI is InChI=1S/C11H15F2O3P/c1-3-15-17(14,16-4-2)8-9-6-5-7-10(12)11(9)13/h5-7H,3-4,8H2,1-2H3. The van der Waals surface area contributed by atoms with Crippen molar-refractivity contribution >= 4 is 7.60 Å². The van der Waals surface area contributed by atoms with Crippen LogP contribution in [0, 0.1) is 11.6 Å². The fourth-order valence-corrected chi connectivity index (χ4v) is 3.11. The van der Waals surface area contributed by atoms with Crippen LogP contribution in [0.4, 0.5) is 8.78 Å². The van der Waals surface area contributed by atoms with Gasteiger partial charge >= 0.3 is 7.60 Å². The van der Waals surface area contributed by atoms with Crippen LogP contribution in [0.5, 0.6) is 0 Å². The molecule has 0 aliphatic carbocycles. The second kappa shape index (κ2) is 6.24. The van der Waals surface area contributed by atoms with Gasteiger partial charge in [-0.15, -0.1) is 0 Å². The maximum absolute atomic E-state index is 13.4. The first-order valence-corrected chi connectivity index (χ1v) is 7.06. The number of hydrogen-bond acceptors (Lipinski definition) is 3. The summed E-state index contributed by atoms with van der Waals surface area (Å²) in [6.45, 7) is 3.70. The zero-order chi connectivity index (χ0) is 12.9. The summed E-state index contributed by atoms with van der Waals surface area (Å²) in [4.78, 5) is 0. The molecule has 0 N–H and O–H groups in total. The van der Waals surface area contributed by atoms with Gasteiger partial charge < -0.3 is 9.05 Å². The zero-order valence-corrected chi connectivity index (χ0v) is 10.7. The molecule has 0 heterocycles. The quantitative estimate of drug-likeness (QED) is 0.734. The second-order valence-corrected chi connectivity index (χ2v) is 5.37. The van der Waals surface area contributed by atoms with Crippen LogP contribution in [-0.4, -0.2) is 13.2 Å². The Labute approximate surface area is 99.3 Å². The molecule has 0 bridgehead atoms. The van der Waals surface area contributed by atoms with Crippen LogP contribution in [-0.2, 0) is 19.8 Å². The Hall–Kier alpha value is -0.770. The molecule has 0 aromatic heterocycles. The molecule has 6 heteroatoms. The minimum atomic E-state index is -3.39. The van der Waals surface area contributed by atoms with Gasteiger partial charge in [-0.05, 0) is 19.9 Å². The van der Waals surface area contributed by atoms with Crippen molar-refractivity contribution in [2.45, 2.75) is 20.0 Å². The highest BCUT2D eigenvalue weighted by Gasteiger charge is 2.26. The lowest BCUT2D eigenvalue weighted by Gasteiger charge is -2.17. The molecule has 17 heavy (non-hydrogen) atoms. The Morgan fingerprint density at radius 3 is 2.29 bits per heavy atom. The zero-order valence-electron chi connectivity index (χ0n) is 9.78. The third kappa shape index (κ3) is 3.87. The average Bonchev–Trinajstić information content (AvgIpc) is 2.25. The van der Waals surface area contributed by atoms with Gasteiger partial charge in [0.25, 0.3) is 0 Å². The topological polar surface area (TPSA) is 35.5 Å². The van der Waals surface area contributed by atoms with E-state index in [0.29, 0.717) is 0 Å². The first kappa shape index (κ1) is 14.3. The SMILES string of the molecule is CCOP(=O)(Cc1cccc(F)c1F)OCC. The van der Waals surface area contributed by atoms with Crippen LogP contribution in [0.2, 0.25) is 0 Å². The van der Waals surface area contributed by atoms with Crippen molar-refractivity contribution in [3.8, 4) is 0 Å². The number of rotatable bonds is 6. The molecule has 0 saturated heterocycles. The average molecular weight is 264 g/mol. The predicted octanol–water partition coefficient (Wildman–Crippen LogP) is 3.73. The number of hydrogen-bond donors (Lipinski definition) is 0. The largest absolute Gasteiger partial charge is 0.335 e. The molecule has 0 unspecified atom stereocenters. The van der Waals surface area contributed by atoms with E-state index in [4.69, 9.17) is 9.05 Å². The van der Waals surface area contributed by atoms with Crippen molar-refractivity contribution in [1.82, 2.24) is 0 Å². The monoisotopic (exact) mass is 264 g/mol. The molecule has 0 aliphatic rings. The minimum absolute atomic E-state index is 0.00441. The van der Waals surface area contributed by atoms with Crippen molar-refractivity contribution in [1.29, 1.82) is 0 Å². The van der Waals surface area contributed by atoms with Crippen LogP contribution in [0.15, 0.2) is 18.2 Å². The van der Waals surface area contributed by atoms with E-state index in [1.165, 1.54) is 12.1 Å². The molecule has 0 aliphatic heterocycles. The molecule has 1 rings (SSSR count). The van der Waals surface area contributed by atoms with Gasteiger partial charge in [0.05, 0.1) is 19.4 Å². The summed E-state index contributed by atoms with van der Waals surface area (Å²) in [7, 11) is -3.39. The van der Waals surface area contributed by atoms with E-state index in [-0.39, 0.29) is 24.9 Å². The summed E-state index contributed by atoms with van der Waals surface area (Å²) in [5.74, 6) is -1.98. The van der Waals surface area contributed by atoms with E-state index in [2.05, 4.69) is 0 Å². The van der Waals surface area contributed by atoms with E-state index in [0.717, 1.165) is 6.07 Å². The molecule has 0 radical (unpaired) electrons. The van der Waals surface area contributed by atoms with E-state index in [9.17, 15) is 13.3 Å². The Morgan fingerprint density at radius 1 is 1.18 bits per heavy atom. The fraction of sp³-hybridized carbons (Fsp3) is 0.455. The normalized spacial score (nSPS) is 11.8. The van der Waals surface area contributed by atoms with Crippen LogP contribution in [0.25, 0.3) is 0 Å². The summed E-state index contributed by atoms with van der Waals surface area (Å²) in [5.41, 5.74) is -0.00441. The third-order valence-electron chi connectivity index (χ3n) is 2.05. The van der Waals surface area contributed by atoms with Gasteiger partial charge in [-0.2, -0.15) is 0 Å².